The average molecular weight is 417 g/mol. The molecule has 0 unspecified atom stereocenters. The van der Waals surface area contributed by atoms with Crippen molar-refractivity contribution >= 4 is 9.84 Å². The highest BCUT2D eigenvalue weighted by molar-refractivity contribution is 7.93. The predicted octanol–water partition coefficient (Wildman–Crippen LogP) is 6.26. The first kappa shape index (κ1) is 22.3. The molecule has 1 aromatic rings. The van der Waals surface area contributed by atoms with Crippen molar-refractivity contribution in [2.45, 2.75) is 87.4 Å². The first-order valence-corrected chi connectivity index (χ1v) is 12.4. The monoisotopic (exact) mass is 416 g/mol. The minimum atomic E-state index is -3.54. The third-order valence-electron chi connectivity index (χ3n) is 7.19. The molecule has 1 atom stereocenters. The van der Waals surface area contributed by atoms with Crippen LogP contribution < -0.4 is 0 Å². The molecule has 3 aliphatic rings. The lowest BCUT2D eigenvalue weighted by Gasteiger charge is -2.58. The minimum absolute atomic E-state index is 0.430. The van der Waals surface area contributed by atoms with Crippen LogP contribution in [0.25, 0.3) is 0 Å². The molecule has 4 rings (SSSR count). The Morgan fingerprint density at radius 1 is 1.10 bits per heavy atom. The van der Waals surface area contributed by atoms with Gasteiger partial charge in [-0.15, -0.1) is 0 Å². The lowest BCUT2D eigenvalue weighted by molar-refractivity contribution is -0.116. The molecule has 160 valence electrons. The quantitative estimate of drug-likeness (QED) is 0.470. The molecule has 0 spiro atoms. The first-order chi connectivity index (χ1) is 13.8. The average Bonchev–Trinajstić information content (AvgIpc) is 2.73. The van der Waals surface area contributed by atoms with Crippen LogP contribution >= 0.6 is 0 Å². The topological polar surface area (TPSA) is 43.4 Å². The van der Waals surface area contributed by atoms with Gasteiger partial charge >= 0.3 is 0 Å². The van der Waals surface area contributed by atoms with Crippen LogP contribution in [-0.4, -0.2) is 25.9 Å². The molecule has 1 aromatic carbocycles. The molecule has 29 heavy (non-hydrogen) atoms. The second-order valence-electron chi connectivity index (χ2n) is 9.23. The Labute approximate surface area is 177 Å². The molecule has 0 N–H and O–H groups in total. The number of allylic oxidation sites excluding steroid dienone is 4. The van der Waals surface area contributed by atoms with Crippen molar-refractivity contribution in [1.82, 2.24) is 0 Å². The molecule has 3 fully saturated rings. The van der Waals surface area contributed by atoms with Gasteiger partial charge in [-0.05, 0) is 90.2 Å². The Kier molecular flexibility index (Phi) is 6.74. The number of methoxy groups -OCH3 is 1. The lowest BCUT2D eigenvalue weighted by atomic mass is 9.60. The Morgan fingerprint density at radius 2 is 1.76 bits per heavy atom. The third kappa shape index (κ3) is 4.11. The van der Waals surface area contributed by atoms with Crippen molar-refractivity contribution in [2.24, 2.45) is 5.92 Å². The van der Waals surface area contributed by atoms with Crippen molar-refractivity contribution in [2.75, 3.05) is 7.11 Å². The Balaban J connectivity index is 2.01. The van der Waals surface area contributed by atoms with Crippen LogP contribution in [0.15, 0.2) is 58.5 Å². The van der Waals surface area contributed by atoms with E-state index in [-0.39, 0.29) is 0 Å². The summed E-state index contributed by atoms with van der Waals surface area (Å²) in [6.07, 6.45) is 11.5. The van der Waals surface area contributed by atoms with Gasteiger partial charge in [-0.25, -0.2) is 8.42 Å². The van der Waals surface area contributed by atoms with E-state index in [1.807, 2.05) is 18.2 Å². The molecule has 4 heteroatoms. The van der Waals surface area contributed by atoms with Crippen molar-refractivity contribution in [3.63, 3.8) is 0 Å². The summed E-state index contributed by atoms with van der Waals surface area (Å²) < 4.78 is 33.4. The Hall–Kier alpha value is -1.39. The minimum Gasteiger partial charge on any atom is -0.377 e. The molecular weight excluding hydrogens is 380 g/mol. The van der Waals surface area contributed by atoms with E-state index in [2.05, 4.69) is 32.9 Å². The fraction of sp³-hybridized carbons (Fsp3) is 0.600. The van der Waals surface area contributed by atoms with Crippen molar-refractivity contribution in [3.05, 3.63) is 53.6 Å². The highest BCUT2D eigenvalue weighted by Crippen LogP contribution is 2.58. The highest BCUT2D eigenvalue weighted by atomic mass is 32.2. The van der Waals surface area contributed by atoms with E-state index in [9.17, 15) is 8.42 Å². The van der Waals surface area contributed by atoms with Crippen molar-refractivity contribution in [1.29, 1.82) is 0 Å². The van der Waals surface area contributed by atoms with Crippen LogP contribution in [0, 0.1) is 5.92 Å². The van der Waals surface area contributed by atoms with E-state index >= 15 is 0 Å². The molecule has 0 aromatic heterocycles. The number of fused-ring (bicyclic) bond motifs is 3. The summed E-state index contributed by atoms with van der Waals surface area (Å²) in [4.78, 5) is 0.430. The van der Waals surface area contributed by atoms with Crippen molar-refractivity contribution < 1.29 is 13.2 Å². The van der Waals surface area contributed by atoms with Gasteiger partial charge in [-0.1, -0.05) is 41.5 Å². The number of benzene rings is 1. The summed E-state index contributed by atoms with van der Waals surface area (Å²) in [5.41, 5.74) is 1.99. The Morgan fingerprint density at radius 3 is 2.34 bits per heavy atom. The summed E-state index contributed by atoms with van der Waals surface area (Å²) in [5, 5.41) is 0. The molecular formula is C25H36O3S. The summed E-state index contributed by atoms with van der Waals surface area (Å²) in [6.45, 7) is 6.35. The van der Waals surface area contributed by atoms with Gasteiger partial charge in [0.25, 0.3) is 0 Å². The summed E-state index contributed by atoms with van der Waals surface area (Å²) in [6, 6.07) is 9.00. The maximum atomic E-state index is 14.1. The third-order valence-corrected chi connectivity index (χ3v) is 9.82. The van der Waals surface area contributed by atoms with E-state index < -0.39 is 20.2 Å². The summed E-state index contributed by atoms with van der Waals surface area (Å²) in [7, 11) is -1.82. The largest absolute Gasteiger partial charge is 0.377 e. The van der Waals surface area contributed by atoms with E-state index in [1.165, 1.54) is 11.1 Å². The van der Waals surface area contributed by atoms with Crippen LogP contribution in [0.1, 0.15) is 72.1 Å². The molecule has 0 amide bonds. The van der Waals surface area contributed by atoms with Gasteiger partial charge in [0, 0.05) is 7.11 Å². The molecule has 0 aliphatic heterocycles. The standard InChI is InChI=1S/C25H36O3S/c1-20(2)9-8-10-21(3)13-18-25(29(26,27)23-11-6-5-7-12-23)19-22-14-16-24(25,28-4)17-15-22/h5-7,9,11-13,22H,8,10,14-19H2,1-4H3/b21-13+/t22?,24?,25-/m1/s1. The summed E-state index contributed by atoms with van der Waals surface area (Å²) >= 11 is 0. The number of rotatable bonds is 8. The maximum absolute atomic E-state index is 14.1. The highest BCUT2D eigenvalue weighted by Gasteiger charge is 2.64. The zero-order chi connectivity index (χ0) is 21.1. The molecule has 3 aliphatic carbocycles. The van der Waals surface area contributed by atoms with Gasteiger partial charge < -0.3 is 4.74 Å². The second-order valence-corrected chi connectivity index (χ2v) is 11.5. The van der Waals surface area contributed by atoms with E-state index in [0.717, 1.165) is 38.5 Å². The summed E-state index contributed by atoms with van der Waals surface area (Å²) in [5.74, 6) is 0.477. The Bertz CT molecular complexity index is 855. The van der Waals surface area contributed by atoms with Gasteiger partial charge in [0.1, 0.15) is 4.75 Å². The van der Waals surface area contributed by atoms with Gasteiger partial charge in [-0.3, -0.25) is 0 Å². The zero-order valence-electron chi connectivity index (χ0n) is 18.4. The molecule has 3 nitrogen and oxygen atoms in total. The molecule has 0 heterocycles. The van der Waals surface area contributed by atoms with Crippen LogP contribution in [0.2, 0.25) is 0 Å². The maximum Gasteiger partial charge on any atom is 0.187 e. The number of hydrogen-bond acceptors (Lipinski definition) is 3. The van der Waals surface area contributed by atoms with E-state index in [4.69, 9.17) is 4.74 Å². The number of hydrogen-bond donors (Lipinski definition) is 0. The molecule has 0 saturated heterocycles. The van der Waals surface area contributed by atoms with E-state index in [0.29, 0.717) is 23.7 Å². The SMILES string of the molecule is COC12CCC(CC1)C[C@@]2(C/C=C(\C)CCC=C(C)C)S(=O)(=O)c1ccccc1. The zero-order valence-corrected chi connectivity index (χ0v) is 19.2. The fourth-order valence-corrected chi connectivity index (χ4v) is 7.94. The smallest absolute Gasteiger partial charge is 0.187 e. The lowest BCUT2D eigenvalue weighted by Crippen LogP contribution is -2.65. The van der Waals surface area contributed by atoms with Gasteiger partial charge in [0.2, 0.25) is 0 Å². The first-order valence-electron chi connectivity index (χ1n) is 10.9. The molecule has 2 bridgehead atoms. The molecule has 3 saturated carbocycles. The van der Waals surface area contributed by atoms with Crippen LogP contribution in [0.5, 0.6) is 0 Å². The number of ether oxygens (including phenoxy) is 1. The van der Waals surface area contributed by atoms with Crippen LogP contribution in [0.3, 0.4) is 0 Å². The normalized spacial score (nSPS) is 29.7. The number of sulfone groups is 1. The van der Waals surface area contributed by atoms with Gasteiger partial charge in [0.05, 0.1) is 10.5 Å². The second kappa shape index (κ2) is 8.77. The fourth-order valence-electron chi connectivity index (χ4n) is 5.43. The van der Waals surface area contributed by atoms with Crippen LogP contribution in [-0.2, 0) is 14.6 Å². The predicted molar refractivity (Wildman–Crippen MR) is 120 cm³/mol. The van der Waals surface area contributed by atoms with Gasteiger partial charge in [-0.2, -0.15) is 0 Å². The van der Waals surface area contributed by atoms with E-state index in [1.54, 1.807) is 19.2 Å². The van der Waals surface area contributed by atoms with Crippen LogP contribution in [0.4, 0.5) is 0 Å². The molecule has 0 radical (unpaired) electrons. The van der Waals surface area contributed by atoms with Crippen molar-refractivity contribution in [3.8, 4) is 0 Å². The van der Waals surface area contributed by atoms with Gasteiger partial charge in [0.15, 0.2) is 9.84 Å².